The van der Waals surface area contributed by atoms with Gasteiger partial charge >= 0.3 is 0 Å². The monoisotopic (exact) mass is 316 g/mol. The van der Waals surface area contributed by atoms with E-state index in [0.29, 0.717) is 24.0 Å². The van der Waals surface area contributed by atoms with E-state index in [-0.39, 0.29) is 5.91 Å². The number of rotatable bonds is 6. The van der Waals surface area contributed by atoms with Crippen LogP contribution in [-0.2, 0) is 6.54 Å². The first-order chi connectivity index (χ1) is 11.1. The second-order valence-electron chi connectivity index (χ2n) is 6.39. The molecule has 2 heterocycles. The lowest BCUT2D eigenvalue weighted by atomic mass is 10.0. The number of nitrogens with one attached hydrogen (secondary N) is 2. The number of aromatic amines is 1. The summed E-state index contributed by atoms with van der Waals surface area (Å²) < 4.78 is 1.72. The van der Waals surface area contributed by atoms with E-state index < -0.39 is 0 Å². The third-order valence-corrected chi connectivity index (χ3v) is 4.34. The second kappa shape index (κ2) is 6.95. The molecule has 124 valence electrons. The fraction of sp³-hybridized carbons (Fsp3) is 0.562. The normalized spacial score (nSPS) is 15.4. The van der Waals surface area contributed by atoms with Crippen molar-refractivity contribution in [1.82, 2.24) is 24.9 Å². The van der Waals surface area contributed by atoms with E-state index in [0.717, 1.165) is 12.2 Å². The van der Waals surface area contributed by atoms with Crippen molar-refractivity contribution in [3.8, 4) is 0 Å². The Balaban J connectivity index is 1.64. The van der Waals surface area contributed by atoms with Gasteiger partial charge < -0.3 is 10.2 Å². The molecule has 0 saturated heterocycles. The Kier molecular flexibility index (Phi) is 4.76. The number of amides is 1. The van der Waals surface area contributed by atoms with Crippen LogP contribution in [0.5, 0.6) is 0 Å². The molecule has 7 heteroatoms. The van der Waals surface area contributed by atoms with Crippen LogP contribution in [0.3, 0.4) is 0 Å². The van der Waals surface area contributed by atoms with Gasteiger partial charge in [-0.2, -0.15) is 10.2 Å². The zero-order valence-corrected chi connectivity index (χ0v) is 13.7. The molecule has 23 heavy (non-hydrogen) atoms. The van der Waals surface area contributed by atoms with E-state index in [1.165, 1.54) is 25.7 Å². The van der Waals surface area contributed by atoms with E-state index >= 15 is 0 Å². The minimum Gasteiger partial charge on any atom is -0.308 e. The molecule has 7 nitrogen and oxygen atoms in total. The Labute approximate surface area is 136 Å². The first-order valence-electron chi connectivity index (χ1n) is 8.16. The van der Waals surface area contributed by atoms with Crippen molar-refractivity contribution in [2.24, 2.45) is 0 Å². The summed E-state index contributed by atoms with van der Waals surface area (Å²) in [5.74, 6) is 0.960. The lowest BCUT2D eigenvalue weighted by Crippen LogP contribution is -2.23. The maximum atomic E-state index is 12.4. The Morgan fingerprint density at radius 3 is 2.96 bits per heavy atom. The van der Waals surface area contributed by atoms with E-state index in [1.807, 2.05) is 20.2 Å². The summed E-state index contributed by atoms with van der Waals surface area (Å²) in [5.41, 5.74) is 1.68. The van der Waals surface area contributed by atoms with Gasteiger partial charge in [0, 0.05) is 30.4 Å². The molecule has 2 aromatic rings. The smallest absolute Gasteiger partial charge is 0.275 e. The maximum absolute atomic E-state index is 12.4. The molecule has 0 aromatic carbocycles. The van der Waals surface area contributed by atoms with Gasteiger partial charge in [0.05, 0.1) is 6.54 Å². The van der Waals surface area contributed by atoms with Crippen LogP contribution in [0.15, 0.2) is 18.3 Å². The predicted molar refractivity (Wildman–Crippen MR) is 88.5 cm³/mol. The Hall–Kier alpha value is -2.15. The summed E-state index contributed by atoms with van der Waals surface area (Å²) in [7, 11) is 4.00. The van der Waals surface area contributed by atoms with Gasteiger partial charge in [0.2, 0.25) is 0 Å². The van der Waals surface area contributed by atoms with Gasteiger partial charge in [-0.25, -0.2) is 0 Å². The molecule has 0 aliphatic heterocycles. The van der Waals surface area contributed by atoms with Crippen LogP contribution < -0.4 is 5.32 Å². The average molecular weight is 316 g/mol. The molecule has 2 aromatic heterocycles. The average Bonchev–Trinajstić information content (AvgIpc) is 3.25. The molecule has 1 aliphatic carbocycles. The van der Waals surface area contributed by atoms with Gasteiger partial charge in [-0.1, -0.05) is 12.8 Å². The van der Waals surface area contributed by atoms with Gasteiger partial charge in [-0.15, -0.1) is 0 Å². The number of aromatic nitrogens is 4. The summed E-state index contributed by atoms with van der Waals surface area (Å²) in [6, 6.07) is 3.68. The Morgan fingerprint density at radius 2 is 2.22 bits per heavy atom. The second-order valence-corrected chi connectivity index (χ2v) is 6.39. The molecule has 0 unspecified atom stereocenters. The zero-order chi connectivity index (χ0) is 16.2. The van der Waals surface area contributed by atoms with Gasteiger partial charge in [0.25, 0.3) is 5.91 Å². The number of anilines is 1. The molecule has 2 N–H and O–H groups in total. The van der Waals surface area contributed by atoms with Gasteiger partial charge in [-0.3, -0.25) is 14.6 Å². The van der Waals surface area contributed by atoms with Gasteiger partial charge in [0.15, 0.2) is 5.82 Å². The molecule has 0 radical (unpaired) electrons. The van der Waals surface area contributed by atoms with Crippen LogP contribution in [0, 0.1) is 0 Å². The summed E-state index contributed by atoms with van der Waals surface area (Å²) in [6.45, 7) is 1.51. The van der Waals surface area contributed by atoms with Crippen LogP contribution in [0.2, 0.25) is 0 Å². The largest absolute Gasteiger partial charge is 0.308 e. The third-order valence-electron chi connectivity index (χ3n) is 4.34. The molecule has 1 saturated carbocycles. The van der Waals surface area contributed by atoms with E-state index in [9.17, 15) is 4.79 Å². The summed E-state index contributed by atoms with van der Waals surface area (Å²) in [5, 5.41) is 14.4. The Bertz CT molecular complexity index is 653. The number of carbonyl (C=O) groups is 1. The molecule has 0 bridgehead atoms. The van der Waals surface area contributed by atoms with Crippen molar-refractivity contribution in [3.63, 3.8) is 0 Å². The topological polar surface area (TPSA) is 78.8 Å². The van der Waals surface area contributed by atoms with Gasteiger partial charge in [0.1, 0.15) is 5.69 Å². The van der Waals surface area contributed by atoms with E-state index in [2.05, 4.69) is 25.5 Å². The molecule has 0 atom stereocenters. The highest BCUT2D eigenvalue weighted by Gasteiger charge is 2.20. The standard InChI is InChI=1S/C16H24N6O/c1-21(2)9-10-22-14(7-8-17-22)16(23)18-15-11-13(19-20-15)12-5-3-4-6-12/h7-8,11-12H,3-6,9-10H2,1-2H3,(H2,18,19,20,23). The third kappa shape index (κ3) is 3.79. The van der Waals surface area contributed by atoms with Crippen molar-refractivity contribution in [2.45, 2.75) is 38.1 Å². The lowest BCUT2D eigenvalue weighted by molar-refractivity contribution is 0.101. The van der Waals surface area contributed by atoms with E-state index in [1.54, 1.807) is 16.9 Å². The van der Waals surface area contributed by atoms with Gasteiger partial charge in [-0.05, 0) is 33.0 Å². The van der Waals surface area contributed by atoms with Crippen molar-refractivity contribution in [3.05, 3.63) is 29.7 Å². The number of hydrogen-bond acceptors (Lipinski definition) is 4. The summed E-state index contributed by atoms with van der Waals surface area (Å²) in [6.07, 6.45) is 6.60. The quantitative estimate of drug-likeness (QED) is 0.855. The van der Waals surface area contributed by atoms with Crippen molar-refractivity contribution in [1.29, 1.82) is 0 Å². The minimum atomic E-state index is -0.175. The van der Waals surface area contributed by atoms with Crippen LogP contribution in [-0.4, -0.2) is 51.4 Å². The van der Waals surface area contributed by atoms with Crippen molar-refractivity contribution in [2.75, 3.05) is 26.0 Å². The number of carbonyl (C=O) groups excluding carboxylic acids is 1. The maximum Gasteiger partial charge on any atom is 0.275 e. The molecule has 1 aliphatic rings. The molecule has 0 spiro atoms. The number of H-pyrrole nitrogens is 1. The van der Waals surface area contributed by atoms with Crippen LogP contribution in [0.25, 0.3) is 0 Å². The van der Waals surface area contributed by atoms with Crippen LogP contribution in [0.4, 0.5) is 5.82 Å². The van der Waals surface area contributed by atoms with Crippen molar-refractivity contribution < 1.29 is 4.79 Å². The Morgan fingerprint density at radius 1 is 1.43 bits per heavy atom. The number of likely N-dealkylation sites (N-methyl/N-ethyl adjacent to an activating group) is 1. The van der Waals surface area contributed by atoms with E-state index in [4.69, 9.17) is 0 Å². The zero-order valence-electron chi connectivity index (χ0n) is 13.7. The first-order valence-corrected chi connectivity index (χ1v) is 8.16. The molecule has 1 amide bonds. The SMILES string of the molecule is CN(C)CCn1nccc1C(=O)Nc1cc(C2CCCC2)[nH]n1. The molecular weight excluding hydrogens is 292 g/mol. The summed E-state index contributed by atoms with van der Waals surface area (Å²) in [4.78, 5) is 14.5. The predicted octanol–water partition coefficient (Wildman–Crippen LogP) is 2.08. The fourth-order valence-corrected chi connectivity index (χ4v) is 3.03. The van der Waals surface area contributed by atoms with Crippen LogP contribution in [0.1, 0.15) is 47.8 Å². The lowest BCUT2D eigenvalue weighted by Gasteiger charge is -2.11. The minimum absolute atomic E-state index is 0.175. The summed E-state index contributed by atoms with van der Waals surface area (Å²) >= 11 is 0. The number of nitrogens with zero attached hydrogens (tertiary/aromatic N) is 4. The number of hydrogen-bond donors (Lipinski definition) is 2. The highest BCUT2D eigenvalue weighted by molar-refractivity contribution is 6.02. The van der Waals surface area contributed by atoms with Crippen molar-refractivity contribution >= 4 is 11.7 Å². The van der Waals surface area contributed by atoms with Crippen LogP contribution >= 0.6 is 0 Å². The highest BCUT2D eigenvalue weighted by Crippen LogP contribution is 2.33. The molecular formula is C16H24N6O. The molecule has 1 fully saturated rings. The fourth-order valence-electron chi connectivity index (χ4n) is 3.03. The highest BCUT2D eigenvalue weighted by atomic mass is 16.2. The molecule has 3 rings (SSSR count). The first kappa shape index (κ1) is 15.7.